The average molecular weight is 387 g/mol. The number of pyridine rings is 1. The molecule has 2 aromatic heterocycles. The maximum absolute atomic E-state index is 14.7. The quantitative estimate of drug-likeness (QED) is 0.508. The van der Waals surface area contributed by atoms with E-state index in [0.717, 1.165) is 28.2 Å². The molecule has 1 atom stereocenters. The van der Waals surface area contributed by atoms with Crippen LogP contribution in [0.25, 0.3) is 5.65 Å². The first-order valence-corrected chi connectivity index (χ1v) is 9.56. The van der Waals surface area contributed by atoms with Crippen molar-refractivity contribution >= 4 is 17.2 Å². The number of hydrogen-bond acceptors (Lipinski definition) is 2. The van der Waals surface area contributed by atoms with Gasteiger partial charge in [-0.25, -0.2) is 9.37 Å². The first kappa shape index (κ1) is 18.9. The molecule has 0 aliphatic heterocycles. The fourth-order valence-electron chi connectivity index (χ4n) is 3.53. The molecule has 0 aliphatic carbocycles. The molecule has 0 saturated carbocycles. The number of carbonyl (C=O) groups is 1. The Kier molecular flexibility index (Phi) is 5.12. The molecule has 2 heterocycles. The number of rotatable bonds is 5. The third-order valence-electron chi connectivity index (χ3n) is 5.06. The Morgan fingerprint density at radius 1 is 1.07 bits per heavy atom. The van der Waals surface area contributed by atoms with Gasteiger partial charge in [0.1, 0.15) is 11.5 Å². The van der Waals surface area contributed by atoms with Crippen LogP contribution in [0.1, 0.15) is 34.7 Å². The summed E-state index contributed by atoms with van der Waals surface area (Å²) in [6.07, 6.45) is 3.75. The molecular weight excluding hydrogens is 365 g/mol. The summed E-state index contributed by atoms with van der Waals surface area (Å²) in [6.45, 7) is 3.99. The largest absolute Gasteiger partial charge is 0.326 e. The molecule has 4 rings (SSSR count). The second-order valence-corrected chi connectivity index (χ2v) is 7.31. The number of imidazole rings is 1. The topological polar surface area (TPSA) is 46.4 Å². The van der Waals surface area contributed by atoms with Crippen molar-refractivity contribution in [3.05, 3.63) is 101 Å². The van der Waals surface area contributed by atoms with E-state index in [4.69, 9.17) is 0 Å². The second-order valence-electron chi connectivity index (χ2n) is 7.31. The van der Waals surface area contributed by atoms with E-state index in [-0.39, 0.29) is 18.1 Å². The van der Waals surface area contributed by atoms with Crippen LogP contribution in [0, 0.1) is 19.7 Å². The van der Waals surface area contributed by atoms with Crippen molar-refractivity contribution in [3.8, 4) is 0 Å². The Morgan fingerprint density at radius 2 is 1.83 bits per heavy atom. The summed E-state index contributed by atoms with van der Waals surface area (Å²) in [7, 11) is 0. The first-order chi connectivity index (χ1) is 14.0. The van der Waals surface area contributed by atoms with Crippen LogP contribution in [0.2, 0.25) is 0 Å². The molecule has 0 radical (unpaired) electrons. The van der Waals surface area contributed by atoms with Gasteiger partial charge >= 0.3 is 0 Å². The van der Waals surface area contributed by atoms with Crippen LogP contribution in [0.3, 0.4) is 0 Å². The van der Waals surface area contributed by atoms with Crippen molar-refractivity contribution in [1.82, 2.24) is 9.38 Å². The van der Waals surface area contributed by atoms with Crippen LogP contribution in [-0.2, 0) is 4.79 Å². The Bertz CT molecular complexity index is 1160. The van der Waals surface area contributed by atoms with Gasteiger partial charge in [0, 0.05) is 30.4 Å². The minimum Gasteiger partial charge on any atom is -0.326 e. The maximum atomic E-state index is 14.7. The number of anilines is 1. The highest BCUT2D eigenvalue weighted by atomic mass is 19.1. The van der Waals surface area contributed by atoms with Gasteiger partial charge in [0.2, 0.25) is 5.91 Å². The monoisotopic (exact) mass is 387 g/mol. The summed E-state index contributed by atoms with van der Waals surface area (Å²) in [5, 5.41) is 2.92. The lowest BCUT2D eigenvalue weighted by Gasteiger charge is -2.18. The number of aromatic nitrogens is 2. The van der Waals surface area contributed by atoms with Gasteiger partial charge in [0.15, 0.2) is 0 Å². The Hall–Kier alpha value is -3.47. The lowest BCUT2D eigenvalue weighted by molar-refractivity contribution is -0.116. The normalized spacial score (nSPS) is 12.1. The Labute approximate surface area is 169 Å². The molecule has 4 aromatic rings. The lowest BCUT2D eigenvalue weighted by atomic mass is 9.91. The van der Waals surface area contributed by atoms with Crippen molar-refractivity contribution in [2.45, 2.75) is 26.2 Å². The molecule has 0 bridgehead atoms. The molecule has 2 aromatic carbocycles. The summed E-state index contributed by atoms with van der Waals surface area (Å²) in [5.41, 5.74) is 4.97. The van der Waals surface area contributed by atoms with Gasteiger partial charge < -0.3 is 9.72 Å². The van der Waals surface area contributed by atoms with Crippen LogP contribution in [-0.4, -0.2) is 15.3 Å². The number of benzene rings is 2. The number of nitrogens with zero attached hydrogens (tertiary/aromatic N) is 2. The summed E-state index contributed by atoms with van der Waals surface area (Å²) in [4.78, 5) is 17.3. The van der Waals surface area contributed by atoms with E-state index in [2.05, 4.69) is 10.3 Å². The van der Waals surface area contributed by atoms with Crippen LogP contribution in [0.5, 0.6) is 0 Å². The number of amides is 1. The zero-order valence-electron chi connectivity index (χ0n) is 16.4. The fraction of sp³-hybridized carbons (Fsp3) is 0.167. The fourth-order valence-corrected chi connectivity index (χ4v) is 3.53. The van der Waals surface area contributed by atoms with E-state index in [1.54, 1.807) is 24.4 Å². The highest BCUT2D eigenvalue weighted by molar-refractivity contribution is 5.91. The third-order valence-corrected chi connectivity index (χ3v) is 5.06. The molecule has 1 N–H and O–H groups in total. The van der Waals surface area contributed by atoms with E-state index in [0.29, 0.717) is 5.56 Å². The van der Waals surface area contributed by atoms with Gasteiger partial charge in [-0.15, -0.1) is 0 Å². The molecule has 0 saturated heterocycles. The van der Waals surface area contributed by atoms with Crippen molar-refractivity contribution < 1.29 is 9.18 Å². The third kappa shape index (κ3) is 4.04. The summed E-state index contributed by atoms with van der Waals surface area (Å²) >= 11 is 0. The summed E-state index contributed by atoms with van der Waals surface area (Å²) in [6, 6.07) is 18.1. The molecule has 4 nitrogen and oxygen atoms in total. The Balaban J connectivity index is 1.70. The molecule has 0 fully saturated rings. The number of fused-ring (bicyclic) bond motifs is 1. The van der Waals surface area contributed by atoms with E-state index in [1.807, 2.05) is 60.8 Å². The van der Waals surface area contributed by atoms with Crippen LogP contribution in [0.15, 0.2) is 73.1 Å². The van der Waals surface area contributed by atoms with Crippen molar-refractivity contribution in [2.24, 2.45) is 0 Å². The molecule has 0 aliphatic rings. The van der Waals surface area contributed by atoms with E-state index in [1.165, 1.54) is 6.07 Å². The second kappa shape index (κ2) is 7.87. The minimum absolute atomic E-state index is 0.108. The highest BCUT2D eigenvalue weighted by Gasteiger charge is 2.24. The molecule has 1 amide bonds. The maximum Gasteiger partial charge on any atom is 0.225 e. The molecule has 0 spiro atoms. The number of nitrogens with one attached hydrogen (secondary N) is 1. The average Bonchev–Trinajstić information content (AvgIpc) is 3.11. The molecule has 5 heteroatoms. The highest BCUT2D eigenvalue weighted by Crippen LogP contribution is 2.31. The molecule has 29 heavy (non-hydrogen) atoms. The lowest BCUT2D eigenvalue weighted by Crippen LogP contribution is -2.18. The van der Waals surface area contributed by atoms with Gasteiger partial charge in [-0.3, -0.25) is 4.79 Å². The zero-order valence-corrected chi connectivity index (χ0v) is 16.4. The van der Waals surface area contributed by atoms with Gasteiger partial charge in [-0.1, -0.05) is 35.9 Å². The predicted octanol–water partition coefficient (Wildman–Crippen LogP) is 5.25. The molecule has 146 valence electrons. The first-order valence-electron chi connectivity index (χ1n) is 9.56. The summed E-state index contributed by atoms with van der Waals surface area (Å²) < 4.78 is 16.6. The zero-order chi connectivity index (χ0) is 20.4. The van der Waals surface area contributed by atoms with E-state index < -0.39 is 5.92 Å². The van der Waals surface area contributed by atoms with Gasteiger partial charge in [-0.05, 0) is 55.3 Å². The number of halogens is 1. The number of carbonyl (C=O) groups excluding carboxylic acids is 1. The van der Waals surface area contributed by atoms with Gasteiger partial charge in [-0.2, -0.15) is 0 Å². The van der Waals surface area contributed by atoms with Crippen LogP contribution in [0.4, 0.5) is 10.1 Å². The van der Waals surface area contributed by atoms with Gasteiger partial charge in [0.05, 0.1) is 5.69 Å². The molecule has 1 unspecified atom stereocenters. The van der Waals surface area contributed by atoms with Crippen molar-refractivity contribution in [1.29, 1.82) is 0 Å². The van der Waals surface area contributed by atoms with Crippen molar-refractivity contribution in [3.63, 3.8) is 0 Å². The minimum atomic E-state index is -0.459. The van der Waals surface area contributed by atoms with Gasteiger partial charge in [0.25, 0.3) is 0 Å². The van der Waals surface area contributed by atoms with E-state index in [9.17, 15) is 9.18 Å². The van der Waals surface area contributed by atoms with Crippen LogP contribution < -0.4 is 5.32 Å². The predicted molar refractivity (Wildman–Crippen MR) is 113 cm³/mol. The van der Waals surface area contributed by atoms with Crippen LogP contribution >= 0.6 is 0 Å². The van der Waals surface area contributed by atoms with E-state index >= 15 is 0 Å². The Morgan fingerprint density at radius 3 is 2.59 bits per heavy atom. The summed E-state index contributed by atoms with van der Waals surface area (Å²) in [5.74, 6) is -0.966. The standard InChI is InChI=1S/C24H22FN3O/c1-16-7-9-18(10-8-16)27-24(29)14-20(19-5-3-4-6-21(19)25)22-15-26-23-13-17(2)11-12-28(22)23/h3-13,15,20H,14H2,1-2H3,(H,27,29). The van der Waals surface area contributed by atoms with Crippen molar-refractivity contribution in [2.75, 3.05) is 5.32 Å². The molecular formula is C24H22FN3O. The smallest absolute Gasteiger partial charge is 0.225 e. The number of hydrogen-bond donors (Lipinski definition) is 1. The number of aryl methyl sites for hydroxylation is 2. The SMILES string of the molecule is Cc1ccc(NC(=O)CC(c2ccccc2F)c2cnc3cc(C)ccn23)cc1.